The molecular weight excluding hydrogens is 272 g/mol. The first kappa shape index (κ1) is 18.7. The summed E-state index contributed by atoms with van der Waals surface area (Å²) in [5.74, 6) is 0. The third-order valence-corrected chi connectivity index (χ3v) is 9.85. The molecule has 1 rings (SSSR count). The number of hydrogen-bond donors (Lipinski definition) is 0. The highest BCUT2D eigenvalue weighted by Gasteiger charge is 2.52. The minimum Gasteiger partial charge on any atom is -0.408 e. The molecule has 1 aliphatic rings. The Morgan fingerprint density at radius 3 is 2.05 bits per heavy atom. The molecule has 1 aliphatic carbocycles. The van der Waals surface area contributed by atoms with Gasteiger partial charge in [-0.15, -0.1) is 6.58 Å². The Bertz CT molecular complexity index is 406. The summed E-state index contributed by atoms with van der Waals surface area (Å²) in [6, 6.07) is 0. The van der Waals surface area contributed by atoms with E-state index in [4.69, 9.17) is 4.43 Å². The fourth-order valence-electron chi connectivity index (χ4n) is 2.42. The maximum absolute atomic E-state index is 6.74. The molecule has 0 atom stereocenters. The summed E-state index contributed by atoms with van der Waals surface area (Å²) >= 11 is 0. The van der Waals surface area contributed by atoms with Crippen LogP contribution in [0.4, 0.5) is 0 Å². The Kier molecular flexibility index (Phi) is 5.38. The molecular formula is C19H36OSi. The van der Waals surface area contributed by atoms with E-state index in [9.17, 15) is 0 Å². The second-order valence-electron chi connectivity index (χ2n) is 9.10. The van der Waals surface area contributed by atoms with Gasteiger partial charge in [-0.25, -0.2) is 0 Å². The van der Waals surface area contributed by atoms with E-state index in [1.807, 2.05) is 6.08 Å². The molecule has 0 spiro atoms. The van der Waals surface area contributed by atoms with E-state index < -0.39 is 8.32 Å². The first-order valence-corrected chi connectivity index (χ1v) is 11.2. The summed E-state index contributed by atoms with van der Waals surface area (Å²) < 4.78 is 6.74. The van der Waals surface area contributed by atoms with Crippen molar-refractivity contribution in [1.82, 2.24) is 0 Å². The highest BCUT2D eigenvalue weighted by atomic mass is 28.4. The summed E-state index contributed by atoms with van der Waals surface area (Å²) in [6.07, 6.45) is 9.01. The van der Waals surface area contributed by atoms with E-state index in [1.54, 1.807) is 0 Å². The topological polar surface area (TPSA) is 9.23 Å². The summed E-state index contributed by atoms with van der Waals surface area (Å²) in [4.78, 5) is 0. The first-order valence-electron chi connectivity index (χ1n) is 8.34. The Balaban J connectivity index is 2.78. The van der Waals surface area contributed by atoms with Crippen molar-refractivity contribution < 1.29 is 4.43 Å². The Labute approximate surface area is 134 Å². The summed E-state index contributed by atoms with van der Waals surface area (Å²) in [5.41, 5.74) is 1.81. The number of rotatable bonds is 7. The van der Waals surface area contributed by atoms with Crippen molar-refractivity contribution >= 4 is 8.32 Å². The zero-order valence-corrected chi connectivity index (χ0v) is 16.6. The lowest BCUT2D eigenvalue weighted by Crippen LogP contribution is -2.45. The van der Waals surface area contributed by atoms with E-state index in [1.165, 1.54) is 18.4 Å². The smallest absolute Gasteiger partial charge is 0.193 e. The molecule has 0 radical (unpaired) electrons. The van der Waals surface area contributed by atoms with Crippen molar-refractivity contribution in [3.63, 3.8) is 0 Å². The molecule has 0 aliphatic heterocycles. The molecule has 2 heteroatoms. The van der Waals surface area contributed by atoms with E-state index in [2.05, 4.69) is 67.3 Å². The van der Waals surface area contributed by atoms with Gasteiger partial charge in [-0.1, -0.05) is 46.8 Å². The van der Waals surface area contributed by atoms with Gasteiger partial charge in [0, 0.05) is 0 Å². The number of hydrogen-bond acceptors (Lipinski definition) is 1. The molecule has 0 aromatic rings. The molecule has 0 amide bonds. The second-order valence-corrected chi connectivity index (χ2v) is 13.8. The van der Waals surface area contributed by atoms with Crippen LogP contribution >= 0.6 is 0 Å². The summed E-state index contributed by atoms with van der Waals surface area (Å²) in [6.45, 7) is 22.5. The first-order chi connectivity index (χ1) is 9.35. The minimum atomic E-state index is -1.69. The largest absolute Gasteiger partial charge is 0.408 e. The fraction of sp³-hybridized carbons (Fsp3) is 0.789. The van der Waals surface area contributed by atoms with Crippen LogP contribution in [0.3, 0.4) is 0 Å². The zero-order chi connectivity index (χ0) is 16.5. The van der Waals surface area contributed by atoms with Crippen LogP contribution in [-0.2, 0) is 4.43 Å². The predicted molar refractivity (Wildman–Crippen MR) is 97.2 cm³/mol. The lowest BCUT2D eigenvalue weighted by Gasteiger charge is -2.40. The third-order valence-electron chi connectivity index (χ3n) is 5.34. The standard InChI is InChI=1S/C19H36OSi/c1-10-12-18(6,7)13-11-16(2)19(14-15-19)20-21(8,9)17(3,4)5/h10-11H,1,12-15H2,2-9H3/b16-11+. The SMILES string of the molecule is C=CCC(C)(C)C/C=C(\C)C1(O[Si](C)(C)C(C)(C)C)CC1. The van der Waals surface area contributed by atoms with Crippen molar-refractivity contribution in [1.29, 1.82) is 0 Å². The van der Waals surface area contributed by atoms with Crippen molar-refractivity contribution in [3.8, 4) is 0 Å². The van der Waals surface area contributed by atoms with Crippen molar-refractivity contribution in [2.24, 2.45) is 5.41 Å². The van der Waals surface area contributed by atoms with Gasteiger partial charge in [0.25, 0.3) is 0 Å². The van der Waals surface area contributed by atoms with Crippen molar-refractivity contribution in [2.75, 3.05) is 0 Å². The van der Waals surface area contributed by atoms with Crippen LogP contribution in [0.15, 0.2) is 24.3 Å². The fourth-order valence-corrected chi connectivity index (χ4v) is 4.07. The maximum atomic E-state index is 6.74. The van der Waals surface area contributed by atoms with Crippen molar-refractivity contribution in [2.45, 2.75) is 91.0 Å². The average molecular weight is 309 g/mol. The predicted octanol–water partition coefficient (Wildman–Crippen LogP) is 6.48. The minimum absolute atomic E-state index is 0.0628. The lowest BCUT2D eigenvalue weighted by molar-refractivity contribution is 0.192. The highest BCUT2D eigenvalue weighted by Crippen LogP contribution is 2.51. The van der Waals surface area contributed by atoms with Gasteiger partial charge in [0.15, 0.2) is 8.32 Å². The highest BCUT2D eigenvalue weighted by molar-refractivity contribution is 6.74. The van der Waals surface area contributed by atoms with Crippen LogP contribution in [0.5, 0.6) is 0 Å². The molecule has 1 fully saturated rings. The van der Waals surface area contributed by atoms with Gasteiger partial charge < -0.3 is 4.43 Å². The van der Waals surface area contributed by atoms with E-state index in [0.717, 1.165) is 12.8 Å². The van der Waals surface area contributed by atoms with Crippen LogP contribution in [0, 0.1) is 5.41 Å². The van der Waals surface area contributed by atoms with Gasteiger partial charge in [-0.3, -0.25) is 0 Å². The van der Waals surface area contributed by atoms with Crippen molar-refractivity contribution in [3.05, 3.63) is 24.3 Å². The molecule has 122 valence electrons. The van der Waals surface area contributed by atoms with Gasteiger partial charge >= 0.3 is 0 Å². The molecule has 0 aromatic carbocycles. The molecule has 0 unspecified atom stereocenters. The van der Waals surface area contributed by atoms with Crippen LogP contribution < -0.4 is 0 Å². The van der Waals surface area contributed by atoms with Gasteiger partial charge in [0.05, 0.1) is 5.60 Å². The monoisotopic (exact) mass is 308 g/mol. The quantitative estimate of drug-likeness (QED) is 0.386. The van der Waals surface area contributed by atoms with Gasteiger partial charge in [-0.05, 0) is 61.7 Å². The van der Waals surface area contributed by atoms with Crippen LogP contribution in [0.25, 0.3) is 0 Å². The Morgan fingerprint density at radius 1 is 1.14 bits per heavy atom. The molecule has 0 saturated heterocycles. The van der Waals surface area contributed by atoms with E-state index >= 15 is 0 Å². The Morgan fingerprint density at radius 2 is 1.67 bits per heavy atom. The van der Waals surface area contributed by atoms with E-state index in [-0.39, 0.29) is 10.6 Å². The maximum Gasteiger partial charge on any atom is 0.193 e. The normalized spacial score (nSPS) is 19.5. The summed E-state index contributed by atoms with van der Waals surface area (Å²) in [7, 11) is -1.69. The second kappa shape index (κ2) is 6.04. The molecule has 1 nitrogen and oxygen atoms in total. The van der Waals surface area contributed by atoms with Gasteiger partial charge in [-0.2, -0.15) is 0 Å². The zero-order valence-electron chi connectivity index (χ0n) is 15.6. The molecule has 0 aromatic heterocycles. The summed E-state index contributed by atoms with van der Waals surface area (Å²) in [5, 5.41) is 0.283. The third kappa shape index (κ3) is 4.82. The van der Waals surface area contributed by atoms with Crippen LogP contribution in [-0.4, -0.2) is 13.9 Å². The molecule has 1 saturated carbocycles. The van der Waals surface area contributed by atoms with Gasteiger partial charge in [0.2, 0.25) is 0 Å². The Hall–Kier alpha value is -0.343. The average Bonchev–Trinajstić information content (AvgIpc) is 3.04. The van der Waals surface area contributed by atoms with Gasteiger partial charge in [0.1, 0.15) is 0 Å². The molecule has 0 N–H and O–H groups in total. The van der Waals surface area contributed by atoms with Crippen LogP contribution in [0.1, 0.15) is 67.2 Å². The van der Waals surface area contributed by atoms with E-state index in [0.29, 0.717) is 5.41 Å². The number of allylic oxidation sites excluding steroid dienone is 2. The molecule has 21 heavy (non-hydrogen) atoms. The molecule has 0 bridgehead atoms. The van der Waals surface area contributed by atoms with Crippen LogP contribution in [0.2, 0.25) is 18.1 Å². The molecule has 0 heterocycles. The lowest BCUT2D eigenvalue weighted by atomic mass is 9.84.